The van der Waals surface area contributed by atoms with Crippen LogP contribution < -0.4 is 15.4 Å². The van der Waals surface area contributed by atoms with Crippen molar-refractivity contribution in [1.29, 1.82) is 0 Å². The third kappa shape index (κ3) is 6.24. The van der Waals surface area contributed by atoms with E-state index in [9.17, 15) is 4.79 Å². The molecular weight excluding hydrogens is 300 g/mol. The van der Waals surface area contributed by atoms with E-state index in [1.54, 1.807) is 0 Å². The van der Waals surface area contributed by atoms with E-state index >= 15 is 0 Å². The molecule has 1 aliphatic rings. The minimum Gasteiger partial charge on any atom is -0.493 e. The summed E-state index contributed by atoms with van der Waals surface area (Å²) in [5.74, 6) is 1.76. The number of nitrogens with one attached hydrogen (secondary N) is 2. The average Bonchev–Trinajstić information content (AvgIpc) is 2.52. The minimum atomic E-state index is -0.0180. The van der Waals surface area contributed by atoms with Crippen LogP contribution in [0, 0.1) is 11.8 Å². The van der Waals surface area contributed by atoms with Gasteiger partial charge in [-0.1, -0.05) is 19.9 Å². The average molecular weight is 327 g/mol. The molecule has 124 valence electrons. The lowest BCUT2D eigenvalue weighted by molar-refractivity contribution is 0.0944. The van der Waals surface area contributed by atoms with Crippen molar-refractivity contribution in [2.24, 2.45) is 11.8 Å². The number of hydrogen-bond acceptors (Lipinski definition) is 3. The topological polar surface area (TPSA) is 50.4 Å². The number of hydrogen-bond donors (Lipinski definition) is 2. The van der Waals surface area contributed by atoms with E-state index in [2.05, 4.69) is 24.5 Å². The molecule has 1 amide bonds. The lowest BCUT2D eigenvalue weighted by Crippen LogP contribution is -2.38. The largest absolute Gasteiger partial charge is 0.493 e. The molecule has 1 saturated heterocycles. The summed E-state index contributed by atoms with van der Waals surface area (Å²) in [4.78, 5) is 12.2. The number of benzene rings is 1. The molecule has 1 atom stereocenters. The van der Waals surface area contributed by atoms with Gasteiger partial charge in [0.25, 0.3) is 5.91 Å². The molecule has 5 heteroatoms. The van der Waals surface area contributed by atoms with Crippen LogP contribution in [0.2, 0.25) is 0 Å². The Balaban J connectivity index is 0.00000242. The number of rotatable bonds is 6. The lowest BCUT2D eigenvalue weighted by atomic mass is 9.99. The molecule has 22 heavy (non-hydrogen) atoms. The van der Waals surface area contributed by atoms with E-state index in [1.807, 2.05) is 24.3 Å². The first-order valence-electron chi connectivity index (χ1n) is 7.87. The molecule has 1 aromatic rings. The molecule has 0 aromatic heterocycles. The fourth-order valence-corrected chi connectivity index (χ4v) is 2.43. The smallest absolute Gasteiger partial charge is 0.251 e. The molecule has 0 bridgehead atoms. The summed E-state index contributed by atoms with van der Waals surface area (Å²) in [6, 6.07) is 7.41. The van der Waals surface area contributed by atoms with Crippen LogP contribution in [-0.4, -0.2) is 32.1 Å². The summed E-state index contributed by atoms with van der Waals surface area (Å²) < 4.78 is 5.66. The molecule has 1 fully saturated rings. The Morgan fingerprint density at radius 3 is 2.95 bits per heavy atom. The molecule has 0 saturated carbocycles. The quantitative estimate of drug-likeness (QED) is 0.845. The van der Waals surface area contributed by atoms with Crippen LogP contribution in [0.4, 0.5) is 0 Å². The summed E-state index contributed by atoms with van der Waals surface area (Å²) in [6.07, 6.45) is 2.38. The van der Waals surface area contributed by atoms with Gasteiger partial charge in [0, 0.05) is 12.1 Å². The summed E-state index contributed by atoms with van der Waals surface area (Å²) in [6.45, 7) is 7.71. The Morgan fingerprint density at radius 2 is 2.27 bits per heavy atom. The van der Waals surface area contributed by atoms with Gasteiger partial charge in [-0.3, -0.25) is 4.79 Å². The van der Waals surface area contributed by atoms with Crippen molar-refractivity contribution in [3.05, 3.63) is 29.8 Å². The van der Waals surface area contributed by atoms with Gasteiger partial charge < -0.3 is 15.4 Å². The fraction of sp³-hybridized carbons (Fsp3) is 0.588. The Kier molecular flexibility index (Phi) is 8.28. The summed E-state index contributed by atoms with van der Waals surface area (Å²) in [5, 5.41) is 6.39. The summed E-state index contributed by atoms with van der Waals surface area (Å²) in [7, 11) is 0. The standard InChI is InChI=1S/C17H26N2O2.ClH/c1-13(2)12-21-16-7-3-6-15(9-16)17(20)19-11-14-5-4-8-18-10-14;/h3,6-7,9,13-14,18H,4-5,8,10-12H2,1-2H3,(H,19,20);1H. The van der Waals surface area contributed by atoms with Crippen molar-refractivity contribution in [2.45, 2.75) is 26.7 Å². The number of halogens is 1. The molecule has 0 aliphatic carbocycles. The fourth-order valence-electron chi connectivity index (χ4n) is 2.43. The summed E-state index contributed by atoms with van der Waals surface area (Å²) in [5.41, 5.74) is 0.667. The maximum atomic E-state index is 12.2. The molecule has 2 rings (SSSR count). The number of carbonyl (C=O) groups is 1. The van der Waals surface area contributed by atoms with Gasteiger partial charge in [0.05, 0.1) is 6.61 Å². The predicted molar refractivity (Wildman–Crippen MR) is 91.9 cm³/mol. The van der Waals surface area contributed by atoms with Crippen molar-refractivity contribution in [3.8, 4) is 5.75 Å². The van der Waals surface area contributed by atoms with Gasteiger partial charge in [0.1, 0.15) is 5.75 Å². The van der Waals surface area contributed by atoms with E-state index in [0.717, 1.165) is 25.4 Å². The second-order valence-electron chi connectivity index (χ2n) is 6.16. The second kappa shape index (κ2) is 9.70. The first kappa shape index (κ1) is 18.8. The highest BCUT2D eigenvalue weighted by Crippen LogP contribution is 2.15. The zero-order valence-electron chi connectivity index (χ0n) is 13.4. The number of carbonyl (C=O) groups excluding carboxylic acids is 1. The Hall–Kier alpha value is -1.26. The summed E-state index contributed by atoms with van der Waals surface area (Å²) >= 11 is 0. The van der Waals surface area contributed by atoms with Crippen molar-refractivity contribution in [2.75, 3.05) is 26.2 Å². The number of ether oxygens (including phenoxy) is 1. The third-order valence-corrected chi connectivity index (χ3v) is 3.63. The van der Waals surface area contributed by atoms with Crippen molar-refractivity contribution in [1.82, 2.24) is 10.6 Å². The molecule has 1 heterocycles. The number of amides is 1. The maximum Gasteiger partial charge on any atom is 0.251 e. The molecule has 1 aliphatic heterocycles. The highest BCUT2D eigenvalue weighted by atomic mass is 35.5. The first-order chi connectivity index (χ1) is 10.1. The molecule has 1 aromatic carbocycles. The zero-order chi connectivity index (χ0) is 15.1. The molecule has 0 radical (unpaired) electrons. The van der Waals surface area contributed by atoms with Gasteiger partial charge in [-0.05, 0) is 56.0 Å². The Morgan fingerprint density at radius 1 is 1.45 bits per heavy atom. The van der Waals surface area contributed by atoms with E-state index in [0.29, 0.717) is 24.0 Å². The SMILES string of the molecule is CC(C)COc1cccc(C(=O)NCC2CCCNC2)c1.Cl. The van der Waals surface area contributed by atoms with Crippen LogP contribution in [0.3, 0.4) is 0 Å². The molecular formula is C17H27ClN2O2. The first-order valence-corrected chi connectivity index (χ1v) is 7.87. The van der Waals surface area contributed by atoms with Crippen molar-refractivity contribution < 1.29 is 9.53 Å². The minimum absolute atomic E-state index is 0. The van der Waals surface area contributed by atoms with Crippen LogP contribution in [0.25, 0.3) is 0 Å². The van der Waals surface area contributed by atoms with Gasteiger partial charge in [-0.2, -0.15) is 0 Å². The highest BCUT2D eigenvalue weighted by molar-refractivity contribution is 5.94. The third-order valence-electron chi connectivity index (χ3n) is 3.63. The van der Waals surface area contributed by atoms with Gasteiger partial charge in [0.2, 0.25) is 0 Å². The monoisotopic (exact) mass is 326 g/mol. The van der Waals surface area contributed by atoms with Gasteiger partial charge >= 0.3 is 0 Å². The highest BCUT2D eigenvalue weighted by Gasteiger charge is 2.14. The molecule has 4 nitrogen and oxygen atoms in total. The lowest BCUT2D eigenvalue weighted by Gasteiger charge is -2.22. The van der Waals surface area contributed by atoms with E-state index in [-0.39, 0.29) is 18.3 Å². The van der Waals surface area contributed by atoms with E-state index < -0.39 is 0 Å². The Labute approximate surface area is 139 Å². The zero-order valence-corrected chi connectivity index (χ0v) is 14.2. The van der Waals surface area contributed by atoms with Gasteiger partial charge in [-0.25, -0.2) is 0 Å². The van der Waals surface area contributed by atoms with Crippen LogP contribution >= 0.6 is 12.4 Å². The Bertz CT molecular complexity index is 460. The molecule has 0 spiro atoms. The molecule has 2 N–H and O–H groups in total. The predicted octanol–water partition coefficient (Wildman–Crippen LogP) is 2.87. The second-order valence-corrected chi connectivity index (χ2v) is 6.16. The van der Waals surface area contributed by atoms with Crippen molar-refractivity contribution >= 4 is 18.3 Å². The van der Waals surface area contributed by atoms with Crippen LogP contribution in [0.15, 0.2) is 24.3 Å². The van der Waals surface area contributed by atoms with Crippen LogP contribution in [0.1, 0.15) is 37.0 Å². The van der Waals surface area contributed by atoms with Gasteiger partial charge in [0.15, 0.2) is 0 Å². The maximum absolute atomic E-state index is 12.2. The molecule has 1 unspecified atom stereocenters. The van der Waals surface area contributed by atoms with E-state index in [4.69, 9.17) is 4.74 Å². The normalized spacial score (nSPS) is 17.7. The van der Waals surface area contributed by atoms with Crippen molar-refractivity contribution in [3.63, 3.8) is 0 Å². The number of piperidine rings is 1. The van der Waals surface area contributed by atoms with Crippen LogP contribution in [0.5, 0.6) is 5.75 Å². The van der Waals surface area contributed by atoms with Crippen LogP contribution in [-0.2, 0) is 0 Å². The van der Waals surface area contributed by atoms with E-state index in [1.165, 1.54) is 12.8 Å². The van der Waals surface area contributed by atoms with Gasteiger partial charge in [-0.15, -0.1) is 12.4 Å².